The van der Waals surface area contributed by atoms with E-state index >= 15 is 0 Å². The highest BCUT2D eigenvalue weighted by Crippen LogP contribution is 2.23. The van der Waals surface area contributed by atoms with Crippen LogP contribution in [0.25, 0.3) is 0 Å². The minimum absolute atomic E-state index is 0.302. The van der Waals surface area contributed by atoms with E-state index in [2.05, 4.69) is 0 Å². The monoisotopic (exact) mass is 305 g/mol. The molecule has 20 heavy (non-hydrogen) atoms. The number of halogens is 1. The maximum Gasteiger partial charge on any atom is 0.338 e. The fourth-order valence-corrected chi connectivity index (χ4v) is 3.41. The predicted octanol–water partition coefficient (Wildman–Crippen LogP) is -0.750. The van der Waals surface area contributed by atoms with E-state index in [0.29, 0.717) is 6.07 Å². The van der Waals surface area contributed by atoms with Gasteiger partial charge in [0.1, 0.15) is 5.82 Å². The number of aliphatic hydroxyl groups is 2. The molecule has 9 heteroatoms. The highest BCUT2D eigenvalue weighted by atomic mass is 32.2. The van der Waals surface area contributed by atoms with E-state index in [9.17, 15) is 27.8 Å². The predicted molar refractivity (Wildman–Crippen MR) is 64.1 cm³/mol. The summed E-state index contributed by atoms with van der Waals surface area (Å²) in [5, 5.41) is 27.5. The normalized spacial score (nSPS) is 23.9. The first-order chi connectivity index (χ1) is 9.23. The van der Waals surface area contributed by atoms with Crippen LogP contribution < -0.4 is 0 Å². The summed E-state index contributed by atoms with van der Waals surface area (Å²) in [4.78, 5) is 10.4. The molecular formula is C11H12FNO6S. The molecular weight excluding hydrogens is 293 g/mol. The lowest BCUT2D eigenvalue weighted by Gasteiger charge is -2.15. The van der Waals surface area contributed by atoms with Crippen LogP contribution in [0, 0.1) is 5.82 Å². The Balaban J connectivity index is 2.40. The van der Waals surface area contributed by atoms with Crippen LogP contribution in [0.2, 0.25) is 0 Å². The zero-order valence-electron chi connectivity index (χ0n) is 10.1. The third kappa shape index (κ3) is 2.52. The maximum absolute atomic E-state index is 13.2. The second-order valence-corrected chi connectivity index (χ2v) is 6.34. The van der Waals surface area contributed by atoms with E-state index in [1.807, 2.05) is 0 Å². The van der Waals surface area contributed by atoms with Gasteiger partial charge < -0.3 is 15.3 Å². The zero-order chi connectivity index (χ0) is 15.1. The average Bonchev–Trinajstić information content (AvgIpc) is 2.70. The first-order valence-electron chi connectivity index (χ1n) is 5.62. The number of sulfonamides is 1. The van der Waals surface area contributed by atoms with Crippen molar-refractivity contribution in [2.75, 3.05) is 13.1 Å². The maximum atomic E-state index is 13.2. The second-order valence-electron chi connectivity index (χ2n) is 4.40. The van der Waals surface area contributed by atoms with Gasteiger partial charge in [-0.1, -0.05) is 0 Å². The number of benzene rings is 1. The van der Waals surface area contributed by atoms with E-state index in [1.165, 1.54) is 0 Å². The van der Waals surface area contributed by atoms with Gasteiger partial charge >= 0.3 is 5.97 Å². The molecule has 1 aromatic rings. The highest BCUT2D eigenvalue weighted by Gasteiger charge is 2.37. The summed E-state index contributed by atoms with van der Waals surface area (Å²) < 4.78 is 38.5. The molecule has 1 heterocycles. The van der Waals surface area contributed by atoms with Gasteiger partial charge in [-0.2, -0.15) is 4.31 Å². The van der Waals surface area contributed by atoms with E-state index in [4.69, 9.17) is 5.11 Å². The van der Waals surface area contributed by atoms with Crippen molar-refractivity contribution in [2.24, 2.45) is 0 Å². The summed E-state index contributed by atoms with van der Waals surface area (Å²) >= 11 is 0. The summed E-state index contributed by atoms with van der Waals surface area (Å²) in [6.45, 7) is -0.605. The van der Waals surface area contributed by atoms with Crippen LogP contribution in [0.5, 0.6) is 0 Å². The Labute approximate surface area is 113 Å². The number of carboxylic acids is 1. The quantitative estimate of drug-likeness (QED) is 0.677. The average molecular weight is 305 g/mol. The molecule has 0 radical (unpaired) electrons. The first kappa shape index (κ1) is 14.9. The third-order valence-corrected chi connectivity index (χ3v) is 4.86. The number of nitrogens with zero attached hydrogens (tertiary/aromatic N) is 1. The molecule has 0 spiro atoms. The number of hydrogen-bond acceptors (Lipinski definition) is 5. The lowest BCUT2D eigenvalue weighted by Crippen LogP contribution is -2.30. The lowest BCUT2D eigenvalue weighted by atomic mass is 10.2. The molecule has 0 aliphatic carbocycles. The van der Waals surface area contributed by atoms with Crippen molar-refractivity contribution in [3.63, 3.8) is 0 Å². The standard InChI is InChI=1S/C11H12FNO6S/c12-8-2-1-6(3-7(8)11(16)17)20(18,19)13-4-9(14)10(15)5-13/h1-3,9-10,14-15H,4-5H2,(H,16,17)/t9-,10+. The summed E-state index contributed by atoms with van der Waals surface area (Å²) in [6, 6.07) is 2.40. The van der Waals surface area contributed by atoms with Crippen molar-refractivity contribution < 1.29 is 32.9 Å². The molecule has 0 amide bonds. The Morgan fingerprint density at radius 3 is 2.30 bits per heavy atom. The molecule has 1 saturated heterocycles. The number of aromatic carboxylic acids is 1. The number of carbonyl (C=O) groups is 1. The van der Waals surface area contributed by atoms with Gasteiger partial charge in [0.15, 0.2) is 0 Å². The van der Waals surface area contributed by atoms with Gasteiger partial charge in [0.05, 0.1) is 22.7 Å². The van der Waals surface area contributed by atoms with Crippen LogP contribution >= 0.6 is 0 Å². The van der Waals surface area contributed by atoms with Gasteiger partial charge in [-0.25, -0.2) is 17.6 Å². The number of carboxylic acid groups (broad SMARTS) is 1. The van der Waals surface area contributed by atoms with Gasteiger partial charge in [0, 0.05) is 13.1 Å². The highest BCUT2D eigenvalue weighted by molar-refractivity contribution is 7.89. The van der Waals surface area contributed by atoms with Crippen molar-refractivity contribution in [1.29, 1.82) is 0 Å². The Hall–Kier alpha value is -1.55. The molecule has 0 saturated carbocycles. The van der Waals surface area contributed by atoms with Crippen molar-refractivity contribution in [2.45, 2.75) is 17.1 Å². The molecule has 2 atom stereocenters. The number of hydrogen-bond donors (Lipinski definition) is 3. The third-order valence-electron chi connectivity index (χ3n) is 3.03. The van der Waals surface area contributed by atoms with E-state index in [1.54, 1.807) is 0 Å². The zero-order valence-corrected chi connectivity index (χ0v) is 10.9. The van der Waals surface area contributed by atoms with E-state index in [0.717, 1.165) is 16.4 Å². The Kier molecular flexibility index (Phi) is 3.78. The van der Waals surface area contributed by atoms with Gasteiger partial charge in [-0.3, -0.25) is 0 Å². The van der Waals surface area contributed by atoms with Crippen LogP contribution in [0.4, 0.5) is 4.39 Å². The molecule has 0 aromatic heterocycles. The molecule has 1 aliphatic heterocycles. The molecule has 3 N–H and O–H groups in total. The van der Waals surface area contributed by atoms with Crippen LogP contribution in [0.3, 0.4) is 0 Å². The summed E-state index contributed by atoms with van der Waals surface area (Å²) in [6.07, 6.45) is -2.41. The van der Waals surface area contributed by atoms with Crippen LogP contribution in [-0.4, -0.2) is 59.3 Å². The molecule has 1 aliphatic rings. The van der Waals surface area contributed by atoms with E-state index < -0.39 is 44.5 Å². The fourth-order valence-electron chi connectivity index (χ4n) is 1.91. The number of aliphatic hydroxyl groups excluding tert-OH is 2. The van der Waals surface area contributed by atoms with Gasteiger partial charge in [0.2, 0.25) is 10.0 Å². The van der Waals surface area contributed by atoms with Crippen LogP contribution in [0.1, 0.15) is 10.4 Å². The SMILES string of the molecule is O=C(O)c1cc(S(=O)(=O)N2C[C@@H](O)[C@@H](O)C2)ccc1F. The Morgan fingerprint density at radius 2 is 1.80 bits per heavy atom. The van der Waals surface area contributed by atoms with Gasteiger partial charge in [0.25, 0.3) is 0 Å². The Morgan fingerprint density at radius 1 is 1.25 bits per heavy atom. The topological polar surface area (TPSA) is 115 Å². The second kappa shape index (κ2) is 5.09. The molecule has 0 unspecified atom stereocenters. The van der Waals surface area contributed by atoms with Crippen molar-refractivity contribution in [3.8, 4) is 0 Å². The minimum Gasteiger partial charge on any atom is -0.478 e. The van der Waals surface area contributed by atoms with Crippen molar-refractivity contribution >= 4 is 16.0 Å². The first-order valence-corrected chi connectivity index (χ1v) is 7.06. The summed E-state index contributed by atoms with van der Waals surface area (Å²) in [5.74, 6) is -2.63. The fraction of sp³-hybridized carbons (Fsp3) is 0.364. The van der Waals surface area contributed by atoms with Crippen molar-refractivity contribution in [1.82, 2.24) is 4.31 Å². The minimum atomic E-state index is -4.09. The summed E-state index contributed by atoms with van der Waals surface area (Å²) in [5.41, 5.74) is -0.758. The smallest absolute Gasteiger partial charge is 0.338 e. The van der Waals surface area contributed by atoms with Gasteiger partial charge in [-0.05, 0) is 18.2 Å². The van der Waals surface area contributed by atoms with E-state index in [-0.39, 0.29) is 13.1 Å². The number of rotatable bonds is 3. The Bertz CT molecular complexity index is 636. The molecule has 0 bridgehead atoms. The molecule has 1 fully saturated rings. The van der Waals surface area contributed by atoms with Crippen LogP contribution in [-0.2, 0) is 10.0 Å². The molecule has 7 nitrogen and oxygen atoms in total. The van der Waals surface area contributed by atoms with Gasteiger partial charge in [-0.15, -0.1) is 0 Å². The molecule has 110 valence electrons. The lowest BCUT2D eigenvalue weighted by molar-refractivity contribution is 0.0572. The molecule has 2 rings (SSSR count). The summed E-state index contributed by atoms with van der Waals surface area (Å²) in [7, 11) is -4.09. The van der Waals surface area contributed by atoms with Crippen molar-refractivity contribution in [3.05, 3.63) is 29.6 Å². The largest absolute Gasteiger partial charge is 0.478 e. The number of β-amino-alcohol motifs (C(OH)–C–C–N with tert-alkyl or cyclic N) is 2. The molecule has 1 aromatic carbocycles. The van der Waals surface area contributed by atoms with Crippen LogP contribution in [0.15, 0.2) is 23.1 Å².